The van der Waals surface area contributed by atoms with Gasteiger partial charge in [-0.15, -0.1) is 0 Å². The van der Waals surface area contributed by atoms with Crippen LogP contribution >= 0.6 is 28.1 Å². The summed E-state index contributed by atoms with van der Waals surface area (Å²) in [5.74, 6) is -0.317. The van der Waals surface area contributed by atoms with Crippen LogP contribution in [0.15, 0.2) is 16.6 Å². The van der Waals surface area contributed by atoms with E-state index < -0.39 is 6.10 Å². The third-order valence-electron chi connectivity index (χ3n) is 4.03. The van der Waals surface area contributed by atoms with Crippen LogP contribution < -0.4 is 0 Å². The lowest BCUT2D eigenvalue weighted by Crippen LogP contribution is -2.23. The third-order valence-corrected chi connectivity index (χ3v) is 4.94. The number of aromatic amines is 1. The molecule has 108 valence electrons. The first-order chi connectivity index (χ1) is 9.58. The number of hydrogen-bond donors (Lipinski definition) is 2. The number of aliphatic hydroxyl groups is 1. The number of hydrogen-bond acceptors (Lipinski definition) is 2. The van der Waals surface area contributed by atoms with Crippen molar-refractivity contribution in [3.8, 4) is 0 Å². The lowest BCUT2D eigenvalue weighted by molar-refractivity contribution is 0.107. The number of rotatable bonds is 1. The van der Waals surface area contributed by atoms with Gasteiger partial charge in [0.2, 0.25) is 0 Å². The van der Waals surface area contributed by atoms with Crippen LogP contribution in [0.4, 0.5) is 4.39 Å². The topological polar surface area (TPSA) is 41.0 Å². The van der Waals surface area contributed by atoms with E-state index in [4.69, 9.17) is 12.2 Å². The van der Waals surface area contributed by atoms with Crippen molar-refractivity contribution in [3.05, 3.63) is 27.2 Å². The molecule has 3 rings (SSSR count). The van der Waals surface area contributed by atoms with E-state index in [1.54, 1.807) is 6.07 Å². The van der Waals surface area contributed by atoms with Gasteiger partial charge in [0.05, 0.1) is 27.7 Å². The van der Waals surface area contributed by atoms with Crippen LogP contribution in [0.1, 0.15) is 38.1 Å². The standard InChI is InChI=1S/C14H16BrFN2OS/c15-8-6-12-10(7-9(8)16)17-14(20)18(12)11-4-2-1-3-5-13(11)19/h6-7,11,13,19H,1-5H2,(H,17,20). The van der Waals surface area contributed by atoms with Crippen molar-refractivity contribution >= 4 is 39.2 Å². The zero-order chi connectivity index (χ0) is 14.3. The van der Waals surface area contributed by atoms with E-state index in [0.717, 1.165) is 37.6 Å². The number of halogens is 2. The Morgan fingerprint density at radius 2 is 2.05 bits per heavy atom. The maximum atomic E-state index is 13.6. The molecule has 2 N–H and O–H groups in total. The molecule has 3 nitrogen and oxygen atoms in total. The van der Waals surface area contributed by atoms with Crippen LogP contribution in [0.5, 0.6) is 0 Å². The highest BCUT2D eigenvalue weighted by atomic mass is 79.9. The summed E-state index contributed by atoms with van der Waals surface area (Å²) in [6.45, 7) is 0. The summed E-state index contributed by atoms with van der Waals surface area (Å²) in [5, 5.41) is 10.4. The molecule has 0 radical (unpaired) electrons. The first kappa shape index (κ1) is 14.2. The second-order valence-corrected chi connectivity index (χ2v) is 6.60. The zero-order valence-electron chi connectivity index (χ0n) is 10.9. The Hall–Kier alpha value is -0.720. The molecule has 6 heteroatoms. The highest BCUT2D eigenvalue weighted by Gasteiger charge is 2.25. The minimum absolute atomic E-state index is 0.0314. The highest BCUT2D eigenvalue weighted by Crippen LogP contribution is 2.32. The molecule has 0 saturated heterocycles. The zero-order valence-corrected chi connectivity index (χ0v) is 13.3. The number of fused-ring (bicyclic) bond motifs is 1. The van der Waals surface area contributed by atoms with Crippen molar-refractivity contribution in [2.24, 2.45) is 0 Å². The number of imidazole rings is 1. The molecule has 1 aliphatic rings. The van der Waals surface area contributed by atoms with E-state index in [2.05, 4.69) is 20.9 Å². The minimum atomic E-state index is -0.396. The van der Waals surface area contributed by atoms with Gasteiger partial charge in [0, 0.05) is 6.07 Å². The number of aromatic nitrogens is 2. The minimum Gasteiger partial charge on any atom is -0.391 e. The molecule has 1 saturated carbocycles. The molecule has 1 aromatic carbocycles. The molecule has 1 heterocycles. The number of nitrogens with zero attached hydrogens (tertiary/aromatic N) is 1. The van der Waals surface area contributed by atoms with Crippen LogP contribution in [0.2, 0.25) is 0 Å². The second kappa shape index (κ2) is 5.58. The molecule has 1 aromatic heterocycles. The van der Waals surface area contributed by atoms with Gasteiger partial charge < -0.3 is 14.7 Å². The molecular formula is C14H16BrFN2OS. The smallest absolute Gasteiger partial charge is 0.178 e. The molecular weight excluding hydrogens is 343 g/mol. The van der Waals surface area contributed by atoms with Crippen molar-refractivity contribution in [1.82, 2.24) is 9.55 Å². The summed E-state index contributed by atoms with van der Waals surface area (Å²) < 4.78 is 16.5. The van der Waals surface area contributed by atoms with Gasteiger partial charge >= 0.3 is 0 Å². The first-order valence-corrected chi connectivity index (χ1v) is 8.05. The Morgan fingerprint density at radius 3 is 2.85 bits per heavy atom. The molecule has 1 aliphatic carbocycles. The Kier molecular flexibility index (Phi) is 3.97. The van der Waals surface area contributed by atoms with E-state index >= 15 is 0 Å². The number of nitrogens with one attached hydrogen (secondary N) is 1. The Bertz CT molecular complexity index is 696. The maximum Gasteiger partial charge on any atom is 0.178 e. The van der Waals surface area contributed by atoms with E-state index in [1.165, 1.54) is 6.07 Å². The Labute approximate surface area is 129 Å². The summed E-state index contributed by atoms with van der Waals surface area (Å²) in [6, 6.07) is 3.14. The fourth-order valence-electron chi connectivity index (χ4n) is 3.02. The molecule has 2 aromatic rings. The highest BCUT2D eigenvalue weighted by molar-refractivity contribution is 9.10. The van der Waals surface area contributed by atoms with Crippen LogP contribution in [0.3, 0.4) is 0 Å². The number of H-pyrrole nitrogens is 1. The molecule has 0 bridgehead atoms. The van der Waals surface area contributed by atoms with Gasteiger partial charge in [-0.05, 0) is 47.1 Å². The van der Waals surface area contributed by atoms with Gasteiger partial charge in [0.15, 0.2) is 4.77 Å². The SMILES string of the molecule is OC1CCCCCC1n1c(=S)[nH]c2cc(F)c(Br)cc21. The van der Waals surface area contributed by atoms with Gasteiger partial charge in [-0.3, -0.25) is 0 Å². The van der Waals surface area contributed by atoms with Crippen molar-refractivity contribution in [3.63, 3.8) is 0 Å². The van der Waals surface area contributed by atoms with Gasteiger partial charge in [-0.25, -0.2) is 4.39 Å². The van der Waals surface area contributed by atoms with Crippen molar-refractivity contribution < 1.29 is 9.50 Å². The molecule has 2 atom stereocenters. The largest absolute Gasteiger partial charge is 0.391 e. The van der Waals surface area contributed by atoms with E-state index in [-0.39, 0.29) is 11.9 Å². The van der Waals surface area contributed by atoms with Crippen LogP contribution in [-0.2, 0) is 0 Å². The number of aliphatic hydroxyl groups excluding tert-OH is 1. The quantitative estimate of drug-likeness (QED) is 0.583. The fourth-order valence-corrected chi connectivity index (χ4v) is 3.69. The maximum absolute atomic E-state index is 13.6. The summed E-state index contributed by atoms with van der Waals surface area (Å²) in [7, 11) is 0. The third kappa shape index (κ3) is 2.44. The lowest BCUT2D eigenvalue weighted by Gasteiger charge is -2.22. The second-order valence-electron chi connectivity index (χ2n) is 5.36. The first-order valence-electron chi connectivity index (χ1n) is 6.85. The predicted molar refractivity (Wildman–Crippen MR) is 82.9 cm³/mol. The molecule has 0 aliphatic heterocycles. The normalized spacial score (nSPS) is 23.9. The molecule has 0 amide bonds. The molecule has 2 unspecified atom stereocenters. The number of benzene rings is 1. The van der Waals surface area contributed by atoms with Crippen LogP contribution in [0, 0.1) is 10.6 Å². The predicted octanol–water partition coefficient (Wildman–Crippen LogP) is 4.47. The van der Waals surface area contributed by atoms with Crippen molar-refractivity contribution in [1.29, 1.82) is 0 Å². The van der Waals surface area contributed by atoms with E-state index in [9.17, 15) is 9.50 Å². The fraction of sp³-hybridized carbons (Fsp3) is 0.500. The molecule has 0 spiro atoms. The van der Waals surface area contributed by atoms with Crippen molar-refractivity contribution in [2.45, 2.75) is 44.2 Å². The Morgan fingerprint density at radius 1 is 1.30 bits per heavy atom. The summed E-state index contributed by atoms with van der Waals surface area (Å²) in [6.07, 6.45) is 4.57. The summed E-state index contributed by atoms with van der Waals surface area (Å²) in [4.78, 5) is 3.04. The molecule has 20 heavy (non-hydrogen) atoms. The van der Waals surface area contributed by atoms with Gasteiger partial charge in [0.25, 0.3) is 0 Å². The molecule has 1 fully saturated rings. The van der Waals surface area contributed by atoms with Gasteiger partial charge in [0.1, 0.15) is 5.82 Å². The summed E-state index contributed by atoms with van der Waals surface area (Å²) >= 11 is 8.59. The van der Waals surface area contributed by atoms with Gasteiger partial charge in [-0.1, -0.05) is 19.3 Å². The van der Waals surface area contributed by atoms with Gasteiger partial charge in [-0.2, -0.15) is 0 Å². The van der Waals surface area contributed by atoms with Crippen molar-refractivity contribution in [2.75, 3.05) is 0 Å². The summed E-state index contributed by atoms with van der Waals surface area (Å²) in [5.41, 5.74) is 1.52. The Balaban J connectivity index is 2.17. The van der Waals surface area contributed by atoms with Crippen LogP contribution in [0.25, 0.3) is 11.0 Å². The lowest BCUT2D eigenvalue weighted by atomic mass is 10.1. The van der Waals surface area contributed by atoms with Crippen LogP contribution in [-0.4, -0.2) is 20.8 Å². The average molecular weight is 359 g/mol. The average Bonchev–Trinajstić information content (AvgIpc) is 2.58. The monoisotopic (exact) mass is 358 g/mol. The van der Waals surface area contributed by atoms with E-state index in [0.29, 0.717) is 14.8 Å². The van der Waals surface area contributed by atoms with E-state index in [1.807, 2.05) is 4.57 Å².